The average Bonchev–Trinajstić information content (AvgIpc) is 3.72. The molecule has 232 valence electrons. The summed E-state index contributed by atoms with van der Waals surface area (Å²) in [5.74, 6) is 1.57. The molecule has 3 aliphatic carbocycles. The minimum atomic E-state index is -0.179. The number of benzene rings is 4. The van der Waals surface area contributed by atoms with Crippen LogP contribution >= 0.6 is 11.8 Å². The van der Waals surface area contributed by atoms with Gasteiger partial charge >= 0.3 is 0 Å². The smallest absolute Gasteiger partial charge is 0.131 e. The molecule has 2 N–H and O–H groups in total. The van der Waals surface area contributed by atoms with E-state index in [1.54, 1.807) is 0 Å². The summed E-state index contributed by atoms with van der Waals surface area (Å²) in [5, 5.41) is 11.5. The van der Waals surface area contributed by atoms with Crippen molar-refractivity contribution in [2.45, 2.75) is 36.0 Å². The third-order valence-electron chi connectivity index (χ3n) is 10.3. The van der Waals surface area contributed by atoms with Gasteiger partial charge in [0.05, 0.1) is 10.9 Å². The number of hydrogen-bond donors (Lipinski definition) is 2. The molecule has 1 aromatic heterocycles. The fourth-order valence-corrected chi connectivity index (χ4v) is 9.54. The highest BCUT2D eigenvalue weighted by atomic mass is 32.2. The summed E-state index contributed by atoms with van der Waals surface area (Å²) in [7, 11) is 0. The molecule has 5 aliphatic rings. The molecule has 48 heavy (non-hydrogen) atoms. The number of thioether (sulfide) groups is 1. The molecule has 4 nitrogen and oxygen atoms in total. The number of hydrogen-bond acceptors (Lipinski definition) is 4. The maximum Gasteiger partial charge on any atom is 0.131 e. The monoisotopic (exact) mass is 638 g/mol. The molecule has 0 amide bonds. The molecule has 3 heterocycles. The second-order valence-corrected chi connectivity index (χ2v) is 14.1. The normalized spacial score (nSPS) is 23.6. The Balaban J connectivity index is 1.12. The number of para-hydroxylation sites is 1. The zero-order chi connectivity index (χ0) is 31.6. The van der Waals surface area contributed by atoms with Crippen molar-refractivity contribution in [2.75, 3.05) is 0 Å². The maximum absolute atomic E-state index is 5.20. The lowest BCUT2D eigenvalue weighted by molar-refractivity contribution is 0.440. The average molecular weight is 639 g/mol. The minimum absolute atomic E-state index is 0.0168. The minimum Gasteiger partial charge on any atom is -0.350 e. The third-order valence-corrected chi connectivity index (χ3v) is 11.6. The van der Waals surface area contributed by atoms with Crippen molar-refractivity contribution < 1.29 is 0 Å². The van der Waals surface area contributed by atoms with Crippen LogP contribution < -0.4 is 21.2 Å². The molecule has 4 atom stereocenters. The van der Waals surface area contributed by atoms with E-state index in [0.29, 0.717) is 11.8 Å². The van der Waals surface area contributed by atoms with E-state index in [2.05, 4.69) is 161 Å². The molecule has 4 aromatic carbocycles. The lowest BCUT2D eigenvalue weighted by atomic mass is 9.76. The molecule has 0 bridgehead atoms. The maximum atomic E-state index is 5.20. The standard InChI is InChI=1S/C43H34N4S/c1-3-13-27(14-4-1)41-44-42(28-15-5-2-6-16-28)46-43(45-41)29-23-25-30(26-24-29)47-35-21-11-9-19-33(35)38-39(47)32-18-8-7-17-31(32)37-34-20-10-12-22-36(34)48-40(37)38/h1,3-5,7-26,31,37,42-43,46H,2,6H2,(H,44,45). The van der Waals surface area contributed by atoms with Gasteiger partial charge in [-0.1, -0.05) is 133 Å². The zero-order valence-corrected chi connectivity index (χ0v) is 27.2. The molecule has 10 rings (SSSR count). The molecule has 4 unspecified atom stereocenters. The molecular weight excluding hydrogens is 605 g/mol. The van der Waals surface area contributed by atoms with Crippen molar-refractivity contribution in [2.24, 2.45) is 10.9 Å². The van der Waals surface area contributed by atoms with Crippen molar-refractivity contribution in [3.05, 3.63) is 178 Å². The van der Waals surface area contributed by atoms with Gasteiger partial charge in [-0.25, -0.2) is 4.99 Å². The van der Waals surface area contributed by atoms with Gasteiger partial charge in [0.2, 0.25) is 0 Å². The summed E-state index contributed by atoms with van der Waals surface area (Å²) in [4.78, 5) is 8.06. The molecule has 0 saturated heterocycles. The molecule has 0 spiro atoms. The predicted molar refractivity (Wildman–Crippen MR) is 198 cm³/mol. The van der Waals surface area contributed by atoms with E-state index in [9.17, 15) is 0 Å². The second-order valence-electron chi connectivity index (χ2n) is 13.0. The van der Waals surface area contributed by atoms with Crippen LogP contribution in [0.1, 0.15) is 41.6 Å². The van der Waals surface area contributed by atoms with Gasteiger partial charge in [0.1, 0.15) is 18.2 Å². The Morgan fingerprint density at radius 3 is 2.50 bits per heavy atom. The fraction of sp³-hybridized carbons (Fsp3) is 0.140. The van der Waals surface area contributed by atoms with Gasteiger partial charge in [-0.05, 0) is 59.4 Å². The highest BCUT2D eigenvalue weighted by Crippen LogP contribution is 2.55. The Hall–Kier alpha value is -5.10. The number of fused-ring (bicyclic) bond motifs is 8. The van der Waals surface area contributed by atoms with Crippen LogP contribution in [0.25, 0.3) is 27.1 Å². The summed E-state index contributed by atoms with van der Waals surface area (Å²) >= 11 is 1.97. The highest BCUT2D eigenvalue weighted by Gasteiger charge is 2.40. The van der Waals surface area contributed by atoms with Crippen LogP contribution in [0.5, 0.6) is 0 Å². The first kappa shape index (κ1) is 28.0. The third kappa shape index (κ3) is 4.38. The number of aliphatic imine (C=N–C) groups is 1. The van der Waals surface area contributed by atoms with E-state index < -0.39 is 0 Å². The molecule has 2 aliphatic heterocycles. The van der Waals surface area contributed by atoms with E-state index in [-0.39, 0.29) is 12.3 Å². The molecule has 0 saturated carbocycles. The number of amidine groups is 1. The van der Waals surface area contributed by atoms with E-state index >= 15 is 0 Å². The second kappa shape index (κ2) is 11.3. The molecule has 5 aromatic rings. The van der Waals surface area contributed by atoms with Crippen LogP contribution in [-0.2, 0) is 0 Å². The van der Waals surface area contributed by atoms with Crippen molar-refractivity contribution in [3.63, 3.8) is 0 Å². The van der Waals surface area contributed by atoms with Gasteiger partial charge in [0.15, 0.2) is 0 Å². The van der Waals surface area contributed by atoms with E-state index in [1.165, 1.54) is 53.7 Å². The molecule has 5 heteroatoms. The lowest BCUT2D eigenvalue weighted by Gasteiger charge is -2.33. The first-order valence-electron chi connectivity index (χ1n) is 16.9. The van der Waals surface area contributed by atoms with Crippen LogP contribution in [0.4, 0.5) is 0 Å². The molecular formula is C43H34N4S. The highest BCUT2D eigenvalue weighted by molar-refractivity contribution is 8.08. The summed E-state index contributed by atoms with van der Waals surface area (Å²) in [6, 6.07) is 37.5. The van der Waals surface area contributed by atoms with Crippen molar-refractivity contribution in [1.82, 2.24) is 15.2 Å². The van der Waals surface area contributed by atoms with Gasteiger partial charge in [-0.3, -0.25) is 5.32 Å². The fourth-order valence-electron chi connectivity index (χ4n) is 8.13. The van der Waals surface area contributed by atoms with Gasteiger partial charge in [0.25, 0.3) is 0 Å². The van der Waals surface area contributed by atoms with Crippen LogP contribution in [0, 0.1) is 5.92 Å². The number of allylic oxidation sites excluding steroid dienone is 6. The van der Waals surface area contributed by atoms with Crippen molar-refractivity contribution in [1.29, 1.82) is 0 Å². The quantitative estimate of drug-likeness (QED) is 0.211. The summed E-state index contributed by atoms with van der Waals surface area (Å²) in [6.07, 6.45) is 18.0. The van der Waals surface area contributed by atoms with Crippen LogP contribution in [0.15, 0.2) is 161 Å². The number of rotatable bonds is 4. The lowest BCUT2D eigenvalue weighted by Crippen LogP contribution is -2.52. The van der Waals surface area contributed by atoms with Gasteiger partial charge in [0, 0.05) is 43.5 Å². The number of aromatic nitrogens is 1. The Kier molecular flexibility index (Phi) is 6.56. The zero-order valence-electron chi connectivity index (χ0n) is 26.4. The summed E-state index contributed by atoms with van der Waals surface area (Å²) < 4.78 is 2.50. The Morgan fingerprint density at radius 2 is 1.62 bits per heavy atom. The topological polar surface area (TPSA) is 41.4 Å². The van der Waals surface area contributed by atoms with Gasteiger partial charge in [-0.15, -0.1) is 0 Å². The Bertz CT molecular complexity index is 2390. The van der Waals surface area contributed by atoms with E-state index in [1.807, 2.05) is 11.8 Å². The summed E-state index contributed by atoms with van der Waals surface area (Å²) in [6.45, 7) is 0. The van der Waals surface area contributed by atoms with Crippen LogP contribution in [0.3, 0.4) is 0 Å². The number of nitrogens with one attached hydrogen (secondary N) is 2. The van der Waals surface area contributed by atoms with Crippen LogP contribution in [-0.4, -0.2) is 16.6 Å². The van der Waals surface area contributed by atoms with Crippen molar-refractivity contribution >= 4 is 39.0 Å². The van der Waals surface area contributed by atoms with Gasteiger partial charge < -0.3 is 9.88 Å². The Labute approximate surface area is 284 Å². The molecule has 0 fully saturated rings. The first-order valence-corrected chi connectivity index (χ1v) is 17.8. The number of nitrogens with zero attached hydrogens (tertiary/aromatic N) is 2. The van der Waals surface area contributed by atoms with Crippen molar-refractivity contribution in [3.8, 4) is 5.69 Å². The SMILES string of the molecule is C1=CC2=c3c(c4ccccc4n3-c3ccc(C4N=C(c5ccccc5)NC(C5=CCCC=C5)N4)cc3)=C3Sc4ccccc4C3C2C=C1. The largest absolute Gasteiger partial charge is 0.350 e. The van der Waals surface area contributed by atoms with Gasteiger partial charge in [-0.2, -0.15) is 0 Å². The summed E-state index contributed by atoms with van der Waals surface area (Å²) in [5.41, 5.74) is 8.77. The van der Waals surface area contributed by atoms with E-state index in [0.717, 1.165) is 29.8 Å². The predicted octanol–water partition coefficient (Wildman–Crippen LogP) is 7.78. The van der Waals surface area contributed by atoms with Crippen LogP contribution in [0.2, 0.25) is 0 Å². The first-order chi connectivity index (χ1) is 23.8. The molecule has 0 radical (unpaired) electrons. The Morgan fingerprint density at radius 1 is 0.792 bits per heavy atom. The van der Waals surface area contributed by atoms with E-state index in [4.69, 9.17) is 4.99 Å².